The Morgan fingerprint density at radius 1 is 0.692 bits per heavy atom. The molecule has 0 unspecified atom stereocenters. The molecular formula is C24H40N2. The predicted octanol–water partition coefficient (Wildman–Crippen LogP) is 7.31. The molecule has 0 amide bonds. The largest absolute Gasteiger partial charge is 0.264 e. The summed E-state index contributed by atoms with van der Waals surface area (Å²) in [4.78, 5) is 8.43. The molecule has 0 spiro atoms. The maximum Gasteiger partial charge on any atom is 0.0407 e. The van der Waals surface area contributed by atoms with Gasteiger partial charge in [-0.15, -0.1) is 0 Å². The highest BCUT2D eigenvalue weighted by molar-refractivity contribution is 5.32. The number of hydrogen-bond donors (Lipinski definition) is 0. The fourth-order valence-corrected chi connectivity index (χ4v) is 2.87. The van der Waals surface area contributed by atoms with Crippen molar-refractivity contribution in [3.63, 3.8) is 0 Å². The third-order valence-corrected chi connectivity index (χ3v) is 3.85. The molecule has 0 radical (unpaired) electrons. The van der Waals surface area contributed by atoms with Crippen LogP contribution in [0, 0.1) is 33.6 Å². The lowest BCUT2D eigenvalue weighted by Gasteiger charge is -2.11. The monoisotopic (exact) mass is 356 g/mol. The second kappa shape index (κ2) is 11.8. The smallest absolute Gasteiger partial charge is 0.0407 e. The molecule has 2 heteroatoms. The maximum atomic E-state index is 4.30. The van der Waals surface area contributed by atoms with Gasteiger partial charge in [0, 0.05) is 24.3 Å². The standard InChI is InChI=1S/2C10H15N.C4H10/c1-7(2)10-8(3)5-11-6-9(10)4;1-7(2)10-5-8(3)6-11-9(10)4;1-4(2)3/h2*5-7H,1-4H3;4H,1-3H3. The Kier molecular flexibility index (Phi) is 11.1. The van der Waals surface area contributed by atoms with E-state index in [2.05, 4.69) is 92.2 Å². The Labute approximate surface area is 162 Å². The van der Waals surface area contributed by atoms with Crippen molar-refractivity contribution in [2.45, 2.75) is 88.0 Å². The predicted molar refractivity (Wildman–Crippen MR) is 116 cm³/mol. The van der Waals surface area contributed by atoms with E-state index in [0.29, 0.717) is 11.8 Å². The van der Waals surface area contributed by atoms with Crippen LogP contribution in [0.4, 0.5) is 0 Å². The number of hydrogen-bond acceptors (Lipinski definition) is 2. The van der Waals surface area contributed by atoms with Crippen LogP contribution < -0.4 is 0 Å². The molecule has 26 heavy (non-hydrogen) atoms. The zero-order valence-electron chi connectivity index (χ0n) is 18.9. The summed E-state index contributed by atoms with van der Waals surface area (Å²) in [5, 5.41) is 0. The summed E-state index contributed by atoms with van der Waals surface area (Å²) < 4.78 is 0. The first-order valence-corrected chi connectivity index (χ1v) is 9.81. The van der Waals surface area contributed by atoms with Crippen molar-refractivity contribution >= 4 is 0 Å². The van der Waals surface area contributed by atoms with Gasteiger partial charge in [0.25, 0.3) is 0 Å². The third kappa shape index (κ3) is 9.12. The van der Waals surface area contributed by atoms with Crippen molar-refractivity contribution in [2.24, 2.45) is 5.92 Å². The summed E-state index contributed by atoms with van der Waals surface area (Å²) in [6, 6.07) is 2.22. The molecule has 2 rings (SSSR count). The topological polar surface area (TPSA) is 25.8 Å². The highest BCUT2D eigenvalue weighted by Gasteiger charge is 2.05. The molecule has 0 bridgehead atoms. The molecule has 0 saturated carbocycles. The number of aromatic nitrogens is 2. The number of pyridine rings is 2. The van der Waals surface area contributed by atoms with E-state index in [0.717, 1.165) is 11.6 Å². The van der Waals surface area contributed by atoms with Gasteiger partial charge in [-0.05, 0) is 73.3 Å². The lowest BCUT2D eigenvalue weighted by Crippen LogP contribution is -1.96. The molecular weight excluding hydrogens is 316 g/mol. The normalized spacial score (nSPS) is 10.4. The van der Waals surface area contributed by atoms with Gasteiger partial charge in [-0.3, -0.25) is 9.97 Å². The van der Waals surface area contributed by atoms with Crippen LogP contribution in [0.1, 0.15) is 93.8 Å². The first-order chi connectivity index (χ1) is 12.0. The van der Waals surface area contributed by atoms with Crippen LogP contribution in [-0.4, -0.2) is 9.97 Å². The minimum absolute atomic E-state index is 0.586. The Morgan fingerprint density at radius 3 is 1.46 bits per heavy atom. The zero-order chi connectivity index (χ0) is 20.4. The van der Waals surface area contributed by atoms with Crippen LogP contribution >= 0.6 is 0 Å². The highest BCUT2D eigenvalue weighted by atomic mass is 14.7. The van der Waals surface area contributed by atoms with E-state index in [1.165, 1.54) is 27.8 Å². The van der Waals surface area contributed by atoms with Crippen molar-refractivity contribution in [1.82, 2.24) is 9.97 Å². The van der Waals surface area contributed by atoms with Crippen LogP contribution in [0.15, 0.2) is 24.7 Å². The van der Waals surface area contributed by atoms with E-state index in [-0.39, 0.29) is 0 Å². The summed E-state index contributed by atoms with van der Waals surface area (Å²) in [5.41, 5.74) is 7.83. The minimum atomic E-state index is 0.586. The van der Waals surface area contributed by atoms with E-state index in [4.69, 9.17) is 0 Å². The second-order valence-electron chi connectivity index (χ2n) is 8.42. The van der Waals surface area contributed by atoms with Crippen LogP contribution in [-0.2, 0) is 0 Å². The molecule has 146 valence electrons. The highest BCUT2D eigenvalue weighted by Crippen LogP contribution is 2.21. The zero-order valence-corrected chi connectivity index (χ0v) is 18.9. The molecule has 0 atom stereocenters. The SMILES string of the molecule is CC(C)C.Cc1cnc(C)c(C(C)C)c1.Cc1cncc(C)c1C(C)C. The summed E-state index contributed by atoms with van der Waals surface area (Å²) in [6.07, 6.45) is 5.78. The van der Waals surface area contributed by atoms with Crippen molar-refractivity contribution in [2.75, 3.05) is 0 Å². The molecule has 0 aliphatic carbocycles. The van der Waals surface area contributed by atoms with Gasteiger partial charge in [0.15, 0.2) is 0 Å². The van der Waals surface area contributed by atoms with Gasteiger partial charge in [-0.2, -0.15) is 0 Å². The molecule has 0 aromatic carbocycles. The quantitative estimate of drug-likeness (QED) is 0.564. The fraction of sp³-hybridized carbons (Fsp3) is 0.583. The minimum Gasteiger partial charge on any atom is -0.264 e. The van der Waals surface area contributed by atoms with E-state index < -0.39 is 0 Å². The van der Waals surface area contributed by atoms with E-state index >= 15 is 0 Å². The summed E-state index contributed by atoms with van der Waals surface area (Å²) in [7, 11) is 0. The fourth-order valence-electron chi connectivity index (χ4n) is 2.87. The first kappa shape index (κ1) is 24.3. The Balaban J connectivity index is 0.000000401. The average Bonchev–Trinajstić information content (AvgIpc) is 2.49. The van der Waals surface area contributed by atoms with Gasteiger partial charge < -0.3 is 0 Å². The van der Waals surface area contributed by atoms with Crippen LogP contribution in [0.25, 0.3) is 0 Å². The first-order valence-electron chi connectivity index (χ1n) is 9.81. The van der Waals surface area contributed by atoms with Gasteiger partial charge in [0.1, 0.15) is 0 Å². The van der Waals surface area contributed by atoms with Crippen molar-refractivity contribution < 1.29 is 0 Å². The van der Waals surface area contributed by atoms with E-state index in [9.17, 15) is 0 Å². The van der Waals surface area contributed by atoms with Gasteiger partial charge in [-0.25, -0.2) is 0 Å². The van der Waals surface area contributed by atoms with Gasteiger partial charge in [0.05, 0.1) is 0 Å². The lowest BCUT2D eigenvalue weighted by atomic mass is 9.96. The molecule has 2 aromatic heterocycles. The number of nitrogens with zero attached hydrogens (tertiary/aromatic N) is 2. The number of aryl methyl sites for hydroxylation is 4. The Bertz CT molecular complexity index is 632. The summed E-state index contributed by atoms with van der Waals surface area (Å²) in [6.45, 7) is 23.7. The van der Waals surface area contributed by atoms with Crippen molar-refractivity contribution in [3.05, 3.63) is 58.2 Å². The molecule has 0 saturated heterocycles. The molecule has 2 heterocycles. The van der Waals surface area contributed by atoms with Crippen LogP contribution in [0.5, 0.6) is 0 Å². The average molecular weight is 357 g/mol. The molecule has 0 fully saturated rings. The van der Waals surface area contributed by atoms with Gasteiger partial charge >= 0.3 is 0 Å². The van der Waals surface area contributed by atoms with Crippen LogP contribution in [0.3, 0.4) is 0 Å². The van der Waals surface area contributed by atoms with Crippen LogP contribution in [0.2, 0.25) is 0 Å². The maximum absolute atomic E-state index is 4.30. The number of rotatable bonds is 2. The second-order valence-corrected chi connectivity index (χ2v) is 8.42. The Hall–Kier alpha value is -1.70. The van der Waals surface area contributed by atoms with E-state index in [1.54, 1.807) is 0 Å². The lowest BCUT2D eigenvalue weighted by molar-refractivity contribution is 0.737. The molecule has 0 N–H and O–H groups in total. The molecule has 2 nitrogen and oxygen atoms in total. The molecule has 0 aliphatic heterocycles. The van der Waals surface area contributed by atoms with Crippen molar-refractivity contribution in [3.8, 4) is 0 Å². The molecule has 2 aromatic rings. The van der Waals surface area contributed by atoms with Gasteiger partial charge in [-0.1, -0.05) is 54.5 Å². The van der Waals surface area contributed by atoms with Crippen molar-refractivity contribution in [1.29, 1.82) is 0 Å². The third-order valence-electron chi connectivity index (χ3n) is 3.85. The Morgan fingerprint density at radius 2 is 1.15 bits per heavy atom. The summed E-state index contributed by atoms with van der Waals surface area (Å²) in [5.74, 6) is 2.03. The summed E-state index contributed by atoms with van der Waals surface area (Å²) >= 11 is 0. The van der Waals surface area contributed by atoms with E-state index in [1.807, 2.05) is 18.6 Å². The van der Waals surface area contributed by atoms with Gasteiger partial charge in [0.2, 0.25) is 0 Å². The molecule has 0 aliphatic rings.